The molecule has 0 spiro atoms. The third-order valence-corrected chi connectivity index (χ3v) is 3.87. The lowest BCUT2D eigenvalue weighted by atomic mass is 10.1. The van der Waals surface area contributed by atoms with E-state index in [2.05, 4.69) is 4.98 Å². The van der Waals surface area contributed by atoms with E-state index in [1.165, 1.54) is 13.0 Å². The summed E-state index contributed by atoms with van der Waals surface area (Å²) in [4.78, 5) is 4.14. The van der Waals surface area contributed by atoms with Gasteiger partial charge >= 0.3 is 10.1 Å². The van der Waals surface area contributed by atoms with Crippen LogP contribution in [0.1, 0.15) is 6.92 Å². The highest BCUT2D eigenvalue weighted by Gasteiger charge is 2.14. The van der Waals surface area contributed by atoms with Crippen LogP contribution in [-0.2, 0) is 10.1 Å². The highest BCUT2D eigenvalue weighted by atomic mass is 35.5. The summed E-state index contributed by atoms with van der Waals surface area (Å²) in [7, 11) is -3.60. The maximum Gasteiger partial charge on any atom is 0.309 e. The van der Waals surface area contributed by atoms with E-state index < -0.39 is 10.1 Å². The van der Waals surface area contributed by atoms with Gasteiger partial charge in [0.1, 0.15) is 0 Å². The predicted molar refractivity (Wildman–Crippen MR) is 74.8 cm³/mol. The van der Waals surface area contributed by atoms with E-state index in [-0.39, 0.29) is 16.7 Å². The second-order valence-corrected chi connectivity index (χ2v) is 6.00. The molecule has 100 valence electrons. The number of rotatable bonds is 4. The van der Waals surface area contributed by atoms with E-state index in [1.807, 2.05) is 30.3 Å². The Morgan fingerprint density at radius 2 is 1.84 bits per heavy atom. The van der Waals surface area contributed by atoms with Gasteiger partial charge in [0, 0.05) is 5.56 Å². The molecule has 0 unspecified atom stereocenters. The van der Waals surface area contributed by atoms with Crippen molar-refractivity contribution in [2.45, 2.75) is 6.92 Å². The zero-order chi connectivity index (χ0) is 13.9. The first-order valence-corrected chi connectivity index (χ1v) is 7.61. The molecular weight excluding hydrogens is 286 g/mol. The van der Waals surface area contributed by atoms with Gasteiger partial charge < -0.3 is 4.18 Å². The van der Waals surface area contributed by atoms with Crippen molar-refractivity contribution in [3.05, 3.63) is 47.6 Å². The Labute approximate surface area is 117 Å². The fraction of sp³-hybridized carbons (Fsp3) is 0.154. The largest absolute Gasteiger partial charge is 0.379 e. The molecule has 0 aliphatic heterocycles. The van der Waals surface area contributed by atoms with Gasteiger partial charge in [0.15, 0.2) is 10.9 Å². The number of aromatic nitrogens is 1. The molecule has 0 N–H and O–H groups in total. The van der Waals surface area contributed by atoms with Gasteiger partial charge in [-0.05, 0) is 19.1 Å². The van der Waals surface area contributed by atoms with Crippen LogP contribution in [-0.4, -0.2) is 19.2 Å². The molecule has 2 rings (SSSR count). The fourth-order valence-corrected chi connectivity index (χ4v) is 2.21. The summed E-state index contributed by atoms with van der Waals surface area (Å²) in [5.74, 6) is -0.0766. The van der Waals surface area contributed by atoms with Crippen LogP contribution in [0.15, 0.2) is 42.5 Å². The second-order valence-electron chi connectivity index (χ2n) is 3.78. The molecule has 0 fully saturated rings. The van der Waals surface area contributed by atoms with E-state index >= 15 is 0 Å². The molecule has 0 aliphatic carbocycles. The SMILES string of the molecule is CCS(=O)(=O)Oc1ccc(-c2ccccc2)nc1Cl. The Bertz CT molecular complexity index is 672. The van der Waals surface area contributed by atoms with Crippen LogP contribution in [0.4, 0.5) is 0 Å². The molecule has 6 heteroatoms. The van der Waals surface area contributed by atoms with Gasteiger partial charge in [0.2, 0.25) is 0 Å². The van der Waals surface area contributed by atoms with Crippen molar-refractivity contribution < 1.29 is 12.6 Å². The molecule has 1 heterocycles. The van der Waals surface area contributed by atoms with Gasteiger partial charge in [0.25, 0.3) is 0 Å². The van der Waals surface area contributed by atoms with E-state index in [4.69, 9.17) is 15.8 Å². The molecule has 0 bridgehead atoms. The number of pyridine rings is 1. The molecule has 0 saturated carbocycles. The van der Waals surface area contributed by atoms with Crippen molar-refractivity contribution >= 4 is 21.7 Å². The number of hydrogen-bond donors (Lipinski definition) is 0. The number of nitrogens with zero attached hydrogens (tertiary/aromatic N) is 1. The lowest BCUT2D eigenvalue weighted by Crippen LogP contribution is -2.11. The lowest BCUT2D eigenvalue weighted by molar-refractivity contribution is 0.486. The summed E-state index contributed by atoms with van der Waals surface area (Å²) in [5.41, 5.74) is 1.56. The quantitative estimate of drug-likeness (QED) is 0.642. The Morgan fingerprint density at radius 1 is 1.16 bits per heavy atom. The summed E-state index contributed by atoms with van der Waals surface area (Å²) in [5, 5.41) is 0.0263. The molecule has 1 aromatic carbocycles. The van der Waals surface area contributed by atoms with E-state index in [1.54, 1.807) is 6.07 Å². The molecule has 19 heavy (non-hydrogen) atoms. The summed E-state index contributed by atoms with van der Waals surface area (Å²) < 4.78 is 27.6. The van der Waals surface area contributed by atoms with E-state index in [9.17, 15) is 8.42 Å². The summed E-state index contributed by atoms with van der Waals surface area (Å²) >= 11 is 5.94. The molecular formula is C13H12ClNO3S. The third-order valence-electron chi connectivity index (χ3n) is 2.45. The maximum absolute atomic E-state index is 11.4. The molecule has 4 nitrogen and oxygen atoms in total. The monoisotopic (exact) mass is 297 g/mol. The first-order valence-electron chi connectivity index (χ1n) is 5.66. The lowest BCUT2D eigenvalue weighted by Gasteiger charge is -2.07. The summed E-state index contributed by atoms with van der Waals surface area (Å²) in [6.45, 7) is 1.50. The number of hydrogen-bond acceptors (Lipinski definition) is 4. The maximum atomic E-state index is 11.4. The number of benzene rings is 1. The Balaban J connectivity index is 2.33. The van der Waals surface area contributed by atoms with Crippen LogP contribution in [0.25, 0.3) is 11.3 Å². The number of halogens is 1. The molecule has 0 radical (unpaired) electrons. The fourth-order valence-electron chi connectivity index (χ4n) is 1.45. The minimum Gasteiger partial charge on any atom is -0.379 e. The first-order chi connectivity index (χ1) is 9.02. The van der Waals surface area contributed by atoms with Crippen LogP contribution in [0.5, 0.6) is 5.75 Å². The van der Waals surface area contributed by atoms with Crippen LogP contribution in [0.2, 0.25) is 5.15 Å². The average molecular weight is 298 g/mol. The van der Waals surface area contributed by atoms with Crippen LogP contribution in [0, 0.1) is 0 Å². The summed E-state index contributed by atoms with van der Waals surface area (Å²) in [6.07, 6.45) is 0. The van der Waals surface area contributed by atoms with Crippen molar-refractivity contribution in [1.82, 2.24) is 4.98 Å². The first kappa shape index (κ1) is 13.8. The van der Waals surface area contributed by atoms with Crippen molar-refractivity contribution in [2.75, 3.05) is 5.75 Å². The van der Waals surface area contributed by atoms with Crippen molar-refractivity contribution in [3.8, 4) is 17.0 Å². The second kappa shape index (κ2) is 5.59. The molecule has 2 aromatic rings. The van der Waals surface area contributed by atoms with Crippen LogP contribution < -0.4 is 4.18 Å². The third kappa shape index (κ3) is 3.45. The zero-order valence-electron chi connectivity index (χ0n) is 10.2. The van der Waals surface area contributed by atoms with Gasteiger partial charge in [-0.3, -0.25) is 0 Å². The van der Waals surface area contributed by atoms with E-state index in [0.29, 0.717) is 5.69 Å². The van der Waals surface area contributed by atoms with Crippen molar-refractivity contribution in [3.63, 3.8) is 0 Å². The Morgan fingerprint density at radius 3 is 2.42 bits per heavy atom. The topological polar surface area (TPSA) is 56.3 Å². The molecule has 0 aliphatic rings. The molecule has 0 amide bonds. The zero-order valence-corrected chi connectivity index (χ0v) is 11.8. The average Bonchev–Trinajstić information content (AvgIpc) is 2.42. The Hall–Kier alpha value is -1.59. The normalized spacial score (nSPS) is 11.3. The summed E-state index contributed by atoms with van der Waals surface area (Å²) in [6, 6.07) is 12.6. The van der Waals surface area contributed by atoms with E-state index in [0.717, 1.165) is 5.56 Å². The van der Waals surface area contributed by atoms with Gasteiger partial charge in [-0.25, -0.2) is 4.98 Å². The highest BCUT2D eigenvalue weighted by molar-refractivity contribution is 7.87. The van der Waals surface area contributed by atoms with Gasteiger partial charge in [-0.1, -0.05) is 41.9 Å². The smallest absolute Gasteiger partial charge is 0.309 e. The van der Waals surface area contributed by atoms with Crippen molar-refractivity contribution in [2.24, 2.45) is 0 Å². The highest BCUT2D eigenvalue weighted by Crippen LogP contribution is 2.27. The van der Waals surface area contributed by atoms with Crippen LogP contribution >= 0.6 is 11.6 Å². The molecule has 1 aromatic heterocycles. The Kier molecular flexibility index (Phi) is 4.07. The minimum absolute atomic E-state index is 0.0263. The predicted octanol–water partition coefficient (Wildman–Crippen LogP) is 3.13. The molecule has 0 saturated heterocycles. The standard InChI is InChI=1S/C13H12ClNO3S/c1-2-19(16,17)18-12-9-8-11(15-13(12)14)10-6-4-3-5-7-10/h3-9H,2H2,1H3. The van der Waals surface area contributed by atoms with Crippen molar-refractivity contribution in [1.29, 1.82) is 0 Å². The molecule has 0 atom stereocenters. The van der Waals surface area contributed by atoms with Crippen LogP contribution in [0.3, 0.4) is 0 Å². The van der Waals surface area contributed by atoms with Gasteiger partial charge in [0.05, 0.1) is 11.4 Å². The minimum atomic E-state index is -3.60. The van der Waals surface area contributed by atoms with Gasteiger partial charge in [-0.15, -0.1) is 0 Å². The van der Waals surface area contributed by atoms with Gasteiger partial charge in [-0.2, -0.15) is 8.42 Å².